The van der Waals surface area contributed by atoms with E-state index in [0.717, 1.165) is 0 Å². The van der Waals surface area contributed by atoms with Gasteiger partial charge in [-0.15, -0.1) is 0 Å². The van der Waals surface area contributed by atoms with E-state index in [4.69, 9.17) is 10.8 Å². The quantitative estimate of drug-likeness (QED) is 0.628. The molecule has 110 valence electrons. The fourth-order valence-corrected chi connectivity index (χ4v) is 1.48. The number of anilines is 1. The average molecular weight is 280 g/mol. The summed E-state index contributed by atoms with van der Waals surface area (Å²) in [5.74, 6) is -1.69. The van der Waals surface area contributed by atoms with Crippen molar-refractivity contribution >= 4 is 17.6 Å². The summed E-state index contributed by atoms with van der Waals surface area (Å²) < 4.78 is 0. The van der Waals surface area contributed by atoms with Crippen LogP contribution >= 0.6 is 0 Å². The molecule has 5 N–H and O–H groups in total. The Labute approximate surface area is 117 Å². The van der Waals surface area contributed by atoms with Crippen LogP contribution in [0, 0.1) is 5.41 Å². The molecular weight excluding hydrogens is 260 g/mol. The molecule has 20 heavy (non-hydrogen) atoms. The average Bonchev–Trinajstić information content (AvgIpc) is 2.30. The third-order valence-corrected chi connectivity index (χ3v) is 3.04. The van der Waals surface area contributed by atoms with Crippen molar-refractivity contribution in [3.63, 3.8) is 0 Å². The van der Waals surface area contributed by atoms with E-state index in [1.807, 2.05) is 20.8 Å². The number of aromatic hydroxyl groups is 1. The Morgan fingerprint density at radius 2 is 1.95 bits per heavy atom. The van der Waals surface area contributed by atoms with Crippen LogP contribution in [0.15, 0.2) is 18.2 Å². The van der Waals surface area contributed by atoms with Gasteiger partial charge in [0.15, 0.2) is 0 Å². The number of hydrogen-bond donors (Lipinski definition) is 4. The van der Waals surface area contributed by atoms with Crippen LogP contribution in [0.25, 0.3) is 0 Å². The first-order valence-corrected chi connectivity index (χ1v) is 6.23. The molecule has 0 aliphatic heterocycles. The minimum Gasteiger partial charge on any atom is -0.506 e. The second-order valence-corrected chi connectivity index (χ2v) is 5.76. The van der Waals surface area contributed by atoms with Crippen LogP contribution in [-0.2, 0) is 4.79 Å². The number of hydrogen-bond acceptors (Lipinski definition) is 4. The predicted molar refractivity (Wildman–Crippen MR) is 75.7 cm³/mol. The Morgan fingerprint density at radius 3 is 2.45 bits per heavy atom. The van der Waals surface area contributed by atoms with Gasteiger partial charge in [-0.05, 0) is 23.6 Å². The largest absolute Gasteiger partial charge is 0.506 e. The Balaban J connectivity index is 2.80. The fourth-order valence-electron chi connectivity index (χ4n) is 1.48. The van der Waals surface area contributed by atoms with Crippen LogP contribution < -0.4 is 11.1 Å². The molecule has 0 radical (unpaired) electrons. The second-order valence-electron chi connectivity index (χ2n) is 5.76. The molecule has 6 nitrogen and oxygen atoms in total. The molecule has 0 aliphatic rings. The summed E-state index contributed by atoms with van der Waals surface area (Å²) in [5.41, 5.74) is 5.73. The maximum Gasteiger partial charge on any atom is 0.335 e. The van der Waals surface area contributed by atoms with Crippen molar-refractivity contribution in [3.05, 3.63) is 23.8 Å². The van der Waals surface area contributed by atoms with Crippen LogP contribution in [0.1, 0.15) is 37.6 Å². The Hall–Kier alpha value is -2.08. The molecule has 0 bridgehead atoms. The zero-order chi connectivity index (χ0) is 15.5. The number of carboxylic acid groups (broad SMARTS) is 1. The van der Waals surface area contributed by atoms with E-state index >= 15 is 0 Å². The van der Waals surface area contributed by atoms with Crippen molar-refractivity contribution in [2.45, 2.75) is 33.2 Å². The monoisotopic (exact) mass is 280 g/mol. The molecular formula is C14H20N2O4. The van der Waals surface area contributed by atoms with E-state index in [-0.39, 0.29) is 40.8 Å². The molecule has 1 rings (SSSR count). The van der Waals surface area contributed by atoms with Crippen molar-refractivity contribution in [2.24, 2.45) is 11.1 Å². The molecule has 0 heterocycles. The van der Waals surface area contributed by atoms with E-state index in [1.165, 1.54) is 18.2 Å². The van der Waals surface area contributed by atoms with Crippen LogP contribution in [0.2, 0.25) is 0 Å². The third kappa shape index (κ3) is 4.24. The predicted octanol–water partition coefficient (Wildman–Crippen LogP) is 1.79. The first-order valence-electron chi connectivity index (χ1n) is 6.23. The third-order valence-electron chi connectivity index (χ3n) is 3.04. The maximum atomic E-state index is 11.9. The molecule has 0 fully saturated rings. The number of phenolic OH excluding ortho intramolecular Hbond substituents is 1. The Bertz CT molecular complexity index is 520. The zero-order valence-corrected chi connectivity index (χ0v) is 11.8. The van der Waals surface area contributed by atoms with Crippen molar-refractivity contribution in [3.8, 4) is 5.75 Å². The van der Waals surface area contributed by atoms with Gasteiger partial charge in [-0.25, -0.2) is 4.79 Å². The molecule has 0 aliphatic carbocycles. The van der Waals surface area contributed by atoms with Crippen molar-refractivity contribution in [1.29, 1.82) is 0 Å². The van der Waals surface area contributed by atoms with Crippen molar-refractivity contribution in [2.75, 3.05) is 5.32 Å². The smallest absolute Gasteiger partial charge is 0.335 e. The van der Waals surface area contributed by atoms with Crippen LogP contribution in [0.3, 0.4) is 0 Å². The lowest BCUT2D eigenvalue weighted by Crippen LogP contribution is -2.38. The normalized spacial score (nSPS) is 12.8. The van der Waals surface area contributed by atoms with Crippen LogP contribution in [0.4, 0.5) is 5.69 Å². The molecule has 1 atom stereocenters. The summed E-state index contributed by atoms with van der Waals surface area (Å²) >= 11 is 0. The van der Waals surface area contributed by atoms with Gasteiger partial charge in [0.1, 0.15) is 5.75 Å². The highest BCUT2D eigenvalue weighted by molar-refractivity contribution is 5.95. The van der Waals surface area contributed by atoms with Gasteiger partial charge in [-0.1, -0.05) is 20.8 Å². The summed E-state index contributed by atoms with van der Waals surface area (Å²) in [6.07, 6.45) is 0.0836. The molecule has 1 aromatic rings. The van der Waals surface area contributed by atoms with E-state index in [2.05, 4.69) is 5.32 Å². The number of aromatic carboxylic acids is 1. The molecule has 6 heteroatoms. The topological polar surface area (TPSA) is 113 Å². The number of amides is 1. The van der Waals surface area contributed by atoms with Crippen LogP contribution in [-0.4, -0.2) is 28.1 Å². The number of carbonyl (C=O) groups excluding carboxylic acids is 1. The van der Waals surface area contributed by atoms with E-state index in [0.29, 0.717) is 0 Å². The summed E-state index contributed by atoms with van der Waals surface area (Å²) in [5, 5.41) is 21.0. The maximum absolute atomic E-state index is 11.9. The van der Waals surface area contributed by atoms with Gasteiger partial charge in [0.25, 0.3) is 0 Å². The summed E-state index contributed by atoms with van der Waals surface area (Å²) in [6, 6.07) is 3.35. The van der Waals surface area contributed by atoms with E-state index in [1.54, 1.807) is 0 Å². The minimum absolute atomic E-state index is 0.0155. The summed E-state index contributed by atoms with van der Waals surface area (Å²) in [6.45, 7) is 5.77. The lowest BCUT2D eigenvalue weighted by Gasteiger charge is -2.26. The van der Waals surface area contributed by atoms with Gasteiger partial charge in [0.2, 0.25) is 5.91 Å². The molecule has 1 unspecified atom stereocenters. The second kappa shape index (κ2) is 5.92. The van der Waals surface area contributed by atoms with Gasteiger partial charge >= 0.3 is 5.97 Å². The molecule has 1 aromatic carbocycles. The first-order chi connectivity index (χ1) is 9.11. The number of nitrogens with two attached hydrogens (primary N) is 1. The van der Waals surface area contributed by atoms with E-state index < -0.39 is 5.97 Å². The van der Waals surface area contributed by atoms with Crippen molar-refractivity contribution in [1.82, 2.24) is 0 Å². The highest BCUT2D eigenvalue weighted by atomic mass is 16.4. The molecule has 0 saturated carbocycles. The highest BCUT2D eigenvalue weighted by Crippen LogP contribution is 2.25. The van der Waals surface area contributed by atoms with Gasteiger partial charge in [-0.2, -0.15) is 0 Å². The summed E-state index contributed by atoms with van der Waals surface area (Å²) in [4.78, 5) is 22.7. The van der Waals surface area contributed by atoms with Crippen molar-refractivity contribution < 1.29 is 19.8 Å². The van der Waals surface area contributed by atoms with Gasteiger partial charge in [0.05, 0.1) is 11.3 Å². The minimum atomic E-state index is -1.13. The Morgan fingerprint density at radius 1 is 1.35 bits per heavy atom. The number of carboxylic acids is 1. The lowest BCUT2D eigenvalue weighted by molar-refractivity contribution is -0.117. The first kappa shape index (κ1) is 16.0. The Kier molecular flexibility index (Phi) is 4.73. The zero-order valence-electron chi connectivity index (χ0n) is 11.8. The molecule has 0 aromatic heterocycles. The van der Waals surface area contributed by atoms with E-state index in [9.17, 15) is 14.7 Å². The summed E-state index contributed by atoms with van der Waals surface area (Å²) in [7, 11) is 0. The molecule has 0 saturated heterocycles. The molecule has 0 spiro atoms. The van der Waals surface area contributed by atoms with Gasteiger partial charge < -0.3 is 21.3 Å². The number of carbonyl (C=O) groups is 2. The number of benzene rings is 1. The standard InChI is InChI=1S/C14H20N2O4/c1-14(2,3)11(15)7-12(18)16-9-6-8(13(19)20)4-5-10(9)17/h4-6,11,17H,7,15H2,1-3H3,(H,16,18)(H,19,20). The van der Waals surface area contributed by atoms with Gasteiger partial charge in [-0.3, -0.25) is 4.79 Å². The number of nitrogens with one attached hydrogen (secondary N) is 1. The fraction of sp³-hybridized carbons (Fsp3) is 0.429. The van der Waals surface area contributed by atoms with Gasteiger partial charge in [0, 0.05) is 12.5 Å². The number of rotatable bonds is 4. The number of phenols is 1. The van der Waals surface area contributed by atoms with Crippen LogP contribution in [0.5, 0.6) is 5.75 Å². The molecule has 1 amide bonds. The highest BCUT2D eigenvalue weighted by Gasteiger charge is 2.23. The SMILES string of the molecule is CC(C)(C)C(N)CC(=O)Nc1cc(C(=O)O)ccc1O. The lowest BCUT2D eigenvalue weighted by atomic mass is 9.85.